The first kappa shape index (κ1) is 10.3. The van der Waals surface area contributed by atoms with E-state index in [1.807, 2.05) is 19.2 Å². The first-order valence-corrected chi connectivity index (χ1v) is 5.18. The third-order valence-electron chi connectivity index (χ3n) is 1.96. The molecule has 13 heavy (non-hydrogen) atoms. The van der Waals surface area contributed by atoms with Crippen molar-refractivity contribution in [3.05, 3.63) is 16.3 Å². The molecular formula is C10H14O2S. The molecule has 0 spiro atoms. The monoisotopic (exact) mass is 198 g/mol. The molecule has 72 valence electrons. The van der Waals surface area contributed by atoms with Gasteiger partial charge < -0.3 is 4.74 Å². The smallest absolute Gasteiger partial charge is 0.160 e. The second kappa shape index (κ2) is 3.92. The first-order valence-electron chi connectivity index (χ1n) is 4.30. The van der Waals surface area contributed by atoms with Crippen molar-refractivity contribution in [2.45, 2.75) is 32.8 Å². The summed E-state index contributed by atoms with van der Waals surface area (Å²) >= 11 is 1.41. The summed E-state index contributed by atoms with van der Waals surface area (Å²) in [6.45, 7) is 6.14. The van der Waals surface area contributed by atoms with Crippen molar-refractivity contribution in [3.8, 4) is 5.75 Å². The van der Waals surface area contributed by atoms with Crippen LogP contribution in [0, 0.1) is 0 Å². The molecule has 0 bridgehead atoms. The van der Waals surface area contributed by atoms with Crippen molar-refractivity contribution in [3.63, 3.8) is 0 Å². The summed E-state index contributed by atoms with van der Waals surface area (Å²) < 4.78 is 5.68. The minimum absolute atomic E-state index is 0.152. The van der Waals surface area contributed by atoms with Gasteiger partial charge in [0.05, 0.1) is 4.88 Å². The molecule has 0 N–H and O–H groups in total. The van der Waals surface area contributed by atoms with E-state index in [9.17, 15) is 4.79 Å². The van der Waals surface area contributed by atoms with Gasteiger partial charge in [-0.25, -0.2) is 0 Å². The molecule has 0 amide bonds. The topological polar surface area (TPSA) is 26.3 Å². The van der Waals surface area contributed by atoms with Gasteiger partial charge in [0.1, 0.15) is 11.4 Å². The van der Waals surface area contributed by atoms with Gasteiger partial charge in [-0.15, -0.1) is 11.3 Å². The molecule has 1 rings (SSSR count). The van der Waals surface area contributed by atoms with Crippen molar-refractivity contribution >= 4 is 17.6 Å². The van der Waals surface area contributed by atoms with Gasteiger partial charge in [0, 0.05) is 11.4 Å². The minimum Gasteiger partial charge on any atom is -0.487 e. The number of aldehydes is 1. The molecule has 0 saturated carbocycles. The fraction of sp³-hybridized carbons (Fsp3) is 0.500. The minimum atomic E-state index is -0.152. The fourth-order valence-corrected chi connectivity index (χ4v) is 1.45. The van der Waals surface area contributed by atoms with Gasteiger partial charge in [-0.2, -0.15) is 0 Å². The lowest BCUT2D eigenvalue weighted by Gasteiger charge is -2.23. The number of carbonyl (C=O) groups excluding carboxylic acids is 1. The summed E-state index contributed by atoms with van der Waals surface area (Å²) in [4.78, 5) is 11.1. The molecule has 1 aromatic heterocycles. The van der Waals surface area contributed by atoms with Crippen LogP contribution in [-0.4, -0.2) is 11.9 Å². The van der Waals surface area contributed by atoms with Crippen LogP contribution >= 0.6 is 11.3 Å². The third-order valence-corrected chi connectivity index (χ3v) is 2.79. The zero-order valence-corrected chi connectivity index (χ0v) is 8.98. The number of ether oxygens (including phenoxy) is 1. The van der Waals surface area contributed by atoms with Crippen molar-refractivity contribution in [1.29, 1.82) is 0 Å². The van der Waals surface area contributed by atoms with Gasteiger partial charge in [-0.05, 0) is 20.3 Å². The lowest BCUT2D eigenvalue weighted by Crippen LogP contribution is -2.26. The maximum absolute atomic E-state index is 10.4. The van der Waals surface area contributed by atoms with E-state index in [4.69, 9.17) is 4.74 Å². The van der Waals surface area contributed by atoms with Crippen LogP contribution in [0.25, 0.3) is 0 Å². The average Bonchev–Trinajstić information content (AvgIpc) is 2.52. The normalized spacial score (nSPS) is 11.3. The summed E-state index contributed by atoms with van der Waals surface area (Å²) in [6, 6.07) is 1.77. The predicted molar refractivity (Wildman–Crippen MR) is 54.7 cm³/mol. The van der Waals surface area contributed by atoms with Crippen LogP contribution in [0.4, 0.5) is 0 Å². The summed E-state index contributed by atoms with van der Waals surface area (Å²) in [7, 11) is 0. The van der Waals surface area contributed by atoms with E-state index in [0.717, 1.165) is 18.5 Å². The van der Waals surface area contributed by atoms with Crippen LogP contribution in [0.1, 0.15) is 36.9 Å². The molecule has 1 aromatic rings. The van der Waals surface area contributed by atoms with Crippen LogP contribution in [-0.2, 0) is 0 Å². The Morgan fingerprint density at radius 1 is 1.62 bits per heavy atom. The predicted octanol–water partition coefficient (Wildman–Crippen LogP) is 3.13. The molecule has 0 radical (unpaired) electrons. The average molecular weight is 198 g/mol. The summed E-state index contributed by atoms with van der Waals surface area (Å²) in [6.07, 6.45) is 1.79. The highest BCUT2D eigenvalue weighted by molar-refractivity contribution is 7.11. The number of hydrogen-bond donors (Lipinski definition) is 0. The highest BCUT2D eigenvalue weighted by Gasteiger charge is 2.17. The van der Waals surface area contributed by atoms with Gasteiger partial charge in [0.15, 0.2) is 6.29 Å². The maximum Gasteiger partial charge on any atom is 0.160 e. The highest BCUT2D eigenvalue weighted by Crippen LogP contribution is 2.25. The van der Waals surface area contributed by atoms with Crippen LogP contribution in [0.2, 0.25) is 0 Å². The molecule has 0 saturated heterocycles. The number of rotatable bonds is 4. The first-order chi connectivity index (χ1) is 6.07. The Bertz CT molecular complexity index is 289. The zero-order chi connectivity index (χ0) is 9.90. The van der Waals surface area contributed by atoms with Gasteiger partial charge in [0.25, 0.3) is 0 Å². The molecule has 0 aliphatic heterocycles. The van der Waals surface area contributed by atoms with Crippen LogP contribution < -0.4 is 4.74 Å². The quantitative estimate of drug-likeness (QED) is 0.695. The van der Waals surface area contributed by atoms with E-state index >= 15 is 0 Å². The second-order valence-electron chi connectivity index (χ2n) is 3.52. The Balaban J connectivity index is 2.69. The Labute approximate surface area is 82.5 Å². The van der Waals surface area contributed by atoms with Crippen LogP contribution in [0.5, 0.6) is 5.75 Å². The molecule has 1 heterocycles. The van der Waals surface area contributed by atoms with Gasteiger partial charge >= 0.3 is 0 Å². The zero-order valence-electron chi connectivity index (χ0n) is 8.16. The van der Waals surface area contributed by atoms with E-state index in [-0.39, 0.29) is 5.60 Å². The number of carbonyl (C=O) groups is 1. The summed E-state index contributed by atoms with van der Waals surface area (Å²) in [5, 5.41) is 1.86. The Morgan fingerprint density at radius 2 is 2.31 bits per heavy atom. The highest BCUT2D eigenvalue weighted by atomic mass is 32.1. The number of hydrogen-bond acceptors (Lipinski definition) is 3. The van der Waals surface area contributed by atoms with Gasteiger partial charge in [-0.3, -0.25) is 4.79 Å². The molecule has 2 nitrogen and oxygen atoms in total. The van der Waals surface area contributed by atoms with Gasteiger partial charge in [0.2, 0.25) is 0 Å². The summed E-state index contributed by atoms with van der Waals surface area (Å²) in [5.41, 5.74) is -0.152. The molecule has 0 atom stereocenters. The van der Waals surface area contributed by atoms with Crippen molar-refractivity contribution in [2.24, 2.45) is 0 Å². The Hall–Kier alpha value is -0.830. The molecule has 0 aliphatic carbocycles. The SMILES string of the molecule is CCC(C)(C)Oc1csc(C=O)c1. The molecule has 0 aliphatic rings. The van der Waals surface area contributed by atoms with Crippen LogP contribution in [0.3, 0.4) is 0 Å². The van der Waals surface area contributed by atoms with E-state index in [2.05, 4.69) is 6.92 Å². The second-order valence-corrected chi connectivity index (χ2v) is 4.46. The maximum atomic E-state index is 10.4. The summed E-state index contributed by atoms with van der Waals surface area (Å²) in [5.74, 6) is 0.791. The van der Waals surface area contributed by atoms with Crippen molar-refractivity contribution in [1.82, 2.24) is 0 Å². The lowest BCUT2D eigenvalue weighted by atomic mass is 10.1. The number of thiophene rings is 1. The molecule has 0 unspecified atom stereocenters. The standard InChI is InChI=1S/C10H14O2S/c1-4-10(2,3)12-8-5-9(6-11)13-7-8/h5-7H,4H2,1-3H3. The lowest BCUT2D eigenvalue weighted by molar-refractivity contribution is 0.105. The molecule has 0 fully saturated rings. The Morgan fingerprint density at radius 3 is 2.77 bits per heavy atom. The van der Waals surface area contributed by atoms with Crippen molar-refractivity contribution < 1.29 is 9.53 Å². The largest absolute Gasteiger partial charge is 0.487 e. The van der Waals surface area contributed by atoms with E-state index in [1.165, 1.54) is 11.3 Å². The van der Waals surface area contributed by atoms with E-state index in [0.29, 0.717) is 4.88 Å². The molecule has 0 aromatic carbocycles. The Kier molecular flexibility index (Phi) is 3.09. The third kappa shape index (κ3) is 2.84. The van der Waals surface area contributed by atoms with Crippen molar-refractivity contribution in [2.75, 3.05) is 0 Å². The molecular weight excluding hydrogens is 184 g/mol. The molecule has 3 heteroatoms. The van der Waals surface area contributed by atoms with E-state index < -0.39 is 0 Å². The van der Waals surface area contributed by atoms with E-state index in [1.54, 1.807) is 6.07 Å². The van der Waals surface area contributed by atoms with Gasteiger partial charge in [-0.1, -0.05) is 6.92 Å². The van der Waals surface area contributed by atoms with Crippen LogP contribution in [0.15, 0.2) is 11.4 Å². The fourth-order valence-electron chi connectivity index (χ4n) is 0.841.